The molecule has 0 spiro atoms. The van der Waals surface area contributed by atoms with Crippen LogP contribution in [-0.4, -0.2) is 47.9 Å². The summed E-state index contributed by atoms with van der Waals surface area (Å²) in [6, 6.07) is 2.63. The molecule has 0 aromatic rings. The summed E-state index contributed by atoms with van der Waals surface area (Å²) in [5, 5.41) is 8.74. The predicted molar refractivity (Wildman–Crippen MR) is 74.4 cm³/mol. The van der Waals surface area contributed by atoms with Gasteiger partial charge in [-0.05, 0) is 51.6 Å². The Bertz CT molecular complexity index is 342. The third-order valence-corrected chi connectivity index (χ3v) is 4.56. The van der Waals surface area contributed by atoms with Crippen LogP contribution in [0.1, 0.15) is 45.4 Å². The van der Waals surface area contributed by atoms with Crippen LogP contribution in [0.5, 0.6) is 0 Å². The second-order valence-electron chi connectivity index (χ2n) is 5.99. The fraction of sp³-hybridized carbons (Fsp3) is 0.867. The van der Waals surface area contributed by atoms with Gasteiger partial charge in [0.2, 0.25) is 5.91 Å². The van der Waals surface area contributed by atoms with Crippen molar-refractivity contribution in [3.8, 4) is 6.07 Å². The van der Waals surface area contributed by atoms with Crippen molar-refractivity contribution in [2.75, 3.05) is 26.2 Å². The fourth-order valence-electron chi connectivity index (χ4n) is 3.20. The molecular weight excluding hydrogens is 238 g/mol. The summed E-state index contributed by atoms with van der Waals surface area (Å²) < 4.78 is 0. The molecule has 2 aliphatic heterocycles. The highest BCUT2D eigenvalue weighted by Crippen LogP contribution is 2.22. The Morgan fingerprint density at radius 1 is 1.32 bits per heavy atom. The van der Waals surface area contributed by atoms with Crippen LogP contribution in [-0.2, 0) is 4.79 Å². The number of hydrogen-bond donors (Lipinski definition) is 0. The molecule has 1 atom stereocenters. The molecule has 106 valence electrons. The van der Waals surface area contributed by atoms with Gasteiger partial charge in [-0.15, -0.1) is 0 Å². The first kappa shape index (κ1) is 14.3. The zero-order chi connectivity index (χ0) is 13.7. The lowest BCUT2D eigenvalue weighted by atomic mass is 9.94. The lowest BCUT2D eigenvalue weighted by molar-refractivity contribution is -0.134. The normalized spacial score (nSPS) is 24.2. The van der Waals surface area contributed by atoms with Crippen LogP contribution in [0.4, 0.5) is 0 Å². The number of likely N-dealkylation sites (tertiary alicyclic amines) is 2. The van der Waals surface area contributed by atoms with E-state index in [0.29, 0.717) is 24.3 Å². The van der Waals surface area contributed by atoms with Crippen LogP contribution in [0.15, 0.2) is 0 Å². The standard InChI is InChI=1S/C15H25N3O/c1-13(5-8-16)17-10-6-14(7-11-17)12-18-9-3-2-4-15(18)19/h13-14H,2-7,9-12H2,1H3/t13-/m0/s1. The first-order valence-electron chi connectivity index (χ1n) is 7.59. The summed E-state index contributed by atoms with van der Waals surface area (Å²) in [7, 11) is 0. The zero-order valence-electron chi connectivity index (χ0n) is 12.0. The van der Waals surface area contributed by atoms with Crippen molar-refractivity contribution in [2.24, 2.45) is 5.92 Å². The maximum Gasteiger partial charge on any atom is 0.222 e. The number of carbonyl (C=O) groups is 1. The molecular formula is C15H25N3O. The molecule has 0 aromatic carbocycles. The summed E-state index contributed by atoms with van der Waals surface area (Å²) in [4.78, 5) is 16.3. The van der Waals surface area contributed by atoms with Crippen molar-refractivity contribution in [3.63, 3.8) is 0 Å². The maximum absolute atomic E-state index is 11.8. The zero-order valence-corrected chi connectivity index (χ0v) is 12.0. The van der Waals surface area contributed by atoms with Crippen LogP contribution in [0.25, 0.3) is 0 Å². The number of amides is 1. The fourth-order valence-corrected chi connectivity index (χ4v) is 3.20. The van der Waals surface area contributed by atoms with Crippen LogP contribution in [0, 0.1) is 17.2 Å². The van der Waals surface area contributed by atoms with Gasteiger partial charge < -0.3 is 4.90 Å². The van der Waals surface area contributed by atoms with E-state index in [2.05, 4.69) is 22.8 Å². The largest absolute Gasteiger partial charge is 0.342 e. The smallest absolute Gasteiger partial charge is 0.222 e. The van der Waals surface area contributed by atoms with Gasteiger partial charge >= 0.3 is 0 Å². The van der Waals surface area contributed by atoms with Gasteiger partial charge in [-0.3, -0.25) is 9.69 Å². The summed E-state index contributed by atoms with van der Waals surface area (Å²) in [6.07, 6.45) is 5.94. The van der Waals surface area contributed by atoms with Gasteiger partial charge in [0, 0.05) is 25.6 Å². The molecule has 0 unspecified atom stereocenters. The molecule has 2 rings (SSSR count). The molecule has 2 heterocycles. The number of nitrogens with zero attached hydrogens (tertiary/aromatic N) is 3. The highest BCUT2D eigenvalue weighted by molar-refractivity contribution is 5.76. The van der Waals surface area contributed by atoms with Crippen molar-refractivity contribution in [2.45, 2.75) is 51.5 Å². The number of carbonyl (C=O) groups excluding carboxylic acids is 1. The molecule has 0 saturated carbocycles. The van der Waals surface area contributed by atoms with E-state index in [0.717, 1.165) is 39.0 Å². The first-order chi connectivity index (χ1) is 9.20. The average Bonchev–Trinajstić information content (AvgIpc) is 2.42. The molecule has 1 amide bonds. The SMILES string of the molecule is C[C@@H](CC#N)N1CCC(CN2CCCCC2=O)CC1. The van der Waals surface area contributed by atoms with Crippen LogP contribution >= 0.6 is 0 Å². The monoisotopic (exact) mass is 263 g/mol. The van der Waals surface area contributed by atoms with Crippen molar-refractivity contribution in [1.82, 2.24) is 9.80 Å². The molecule has 0 bridgehead atoms. The average molecular weight is 263 g/mol. The minimum atomic E-state index is 0.353. The van der Waals surface area contributed by atoms with Gasteiger partial charge in [-0.2, -0.15) is 5.26 Å². The molecule has 2 saturated heterocycles. The van der Waals surface area contributed by atoms with Gasteiger partial charge in [-0.25, -0.2) is 0 Å². The summed E-state index contributed by atoms with van der Waals surface area (Å²) in [5.41, 5.74) is 0. The number of nitriles is 1. The molecule has 4 nitrogen and oxygen atoms in total. The van der Waals surface area contributed by atoms with E-state index < -0.39 is 0 Å². The molecule has 4 heteroatoms. The van der Waals surface area contributed by atoms with E-state index in [4.69, 9.17) is 5.26 Å². The van der Waals surface area contributed by atoms with E-state index >= 15 is 0 Å². The molecule has 0 aromatic heterocycles. The van der Waals surface area contributed by atoms with Crippen molar-refractivity contribution >= 4 is 5.91 Å². The van der Waals surface area contributed by atoms with Crippen molar-refractivity contribution in [3.05, 3.63) is 0 Å². The quantitative estimate of drug-likeness (QED) is 0.779. The van der Waals surface area contributed by atoms with E-state index in [1.165, 1.54) is 19.3 Å². The van der Waals surface area contributed by atoms with E-state index in [1.54, 1.807) is 0 Å². The molecule has 2 fully saturated rings. The Labute approximate surface area is 116 Å². The Kier molecular flexibility index (Phi) is 5.21. The first-order valence-corrected chi connectivity index (χ1v) is 7.59. The lowest BCUT2D eigenvalue weighted by Crippen LogP contribution is -2.44. The van der Waals surface area contributed by atoms with E-state index in [9.17, 15) is 4.79 Å². The minimum absolute atomic E-state index is 0.353. The van der Waals surface area contributed by atoms with Gasteiger partial charge in [-0.1, -0.05) is 0 Å². The van der Waals surface area contributed by atoms with Crippen molar-refractivity contribution in [1.29, 1.82) is 5.26 Å². The molecule has 0 N–H and O–H groups in total. The summed E-state index contributed by atoms with van der Waals surface area (Å²) in [5.74, 6) is 1.01. The predicted octanol–water partition coefficient (Wildman–Crippen LogP) is 2.01. The second kappa shape index (κ2) is 6.91. The van der Waals surface area contributed by atoms with Crippen LogP contribution in [0.2, 0.25) is 0 Å². The van der Waals surface area contributed by atoms with Gasteiger partial charge in [0.1, 0.15) is 0 Å². The van der Waals surface area contributed by atoms with Gasteiger partial charge in [0.15, 0.2) is 0 Å². The lowest BCUT2D eigenvalue weighted by Gasteiger charge is -2.38. The summed E-state index contributed by atoms with van der Waals surface area (Å²) in [6.45, 7) is 6.21. The summed E-state index contributed by atoms with van der Waals surface area (Å²) >= 11 is 0. The number of piperidine rings is 2. The Hall–Kier alpha value is -1.08. The number of rotatable bonds is 4. The van der Waals surface area contributed by atoms with Crippen LogP contribution in [0.3, 0.4) is 0 Å². The Morgan fingerprint density at radius 3 is 2.68 bits per heavy atom. The third-order valence-electron chi connectivity index (χ3n) is 4.56. The van der Waals surface area contributed by atoms with E-state index in [1.807, 2.05) is 0 Å². The Morgan fingerprint density at radius 2 is 2.05 bits per heavy atom. The minimum Gasteiger partial charge on any atom is -0.342 e. The topological polar surface area (TPSA) is 47.3 Å². The molecule has 0 aliphatic carbocycles. The van der Waals surface area contributed by atoms with Crippen molar-refractivity contribution < 1.29 is 4.79 Å². The highest BCUT2D eigenvalue weighted by atomic mass is 16.2. The maximum atomic E-state index is 11.8. The van der Waals surface area contributed by atoms with Gasteiger partial charge in [0.05, 0.1) is 12.5 Å². The molecule has 19 heavy (non-hydrogen) atoms. The second-order valence-corrected chi connectivity index (χ2v) is 5.99. The third kappa shape index (κ3) is 3.94. The molecule has 2 aliphatic rings. The highest BCUT2D eigenvalue weighted by Gasteiger charge is 2.26. The number of hydrogen-bond acceptors (Lipinski definition) is 3. The van der Waals surface area contributed by atoms with Gasteiger partial charge in [0.25, 0.3) is 0 Å². The van der Waals surface area contributed by atoms with Crippen LogP contribution < -0.4 is 0 Å². The van der Waals surface area contributed by atoms with E-state index in [-0.39, 0.29) is 0 Å². The molecule has 0 radical (unpaired) electrons. The Balaban J connectivity index is 1.74.